The Bertz CT molecular complexity index is 645. The Hall–Kier alpha value is -1.99. The third kappa shape index (κ3) is 3.26. The number of carboxylic acids is 1. The van der Waals surface area contributed by atoms with Crippen molar-refractivity contribution < 1.29 is 19.4 Å². The molecular weight excluding hydrogens is 322 g/mol. The van der Waals surface area contributed by atoms with Crippen molar-refractivity contribution in [2.75, 3.05) is 51.5 Å². The first-order chi connectivity index (χ1) is 12.1. The first kappa shape index (κ1) is 16.5. The summed E-state index contributed by atoms with van der Waals surface area (Å²) in [5.41, 5.74) is 1.17. The monoisotopic (exact) mass is 347 g/mol. The Morgan fingerprint density at radius 3 is 2.64 bits per heavy atom. The van der Waals surface area contributed by atoms with Crippen LogP contribution in [-0.2, 0) is 4.79 Å². The molecule has 4 rings (SSSR count). The van der Waals surface area contributed by atoms with Crippen LogP contribution in [0.1, 0.15) is 12.8 Å². The minimum Gasteiger partial charge on any atom is -0.480 e. The van der Waals surface area contributed by atoms with E-state index >= 15 is 0 Å². The van der Waals surface area contributed by atoms with Crippen LogP contribution >= 0.6 is 0 Å². The summed E-state index contributed by atoms with van der Waals surface area (Å²) in [6.07, 6.45) is 2.12. The number of hydrogen-bond donors (Lipinski definition) is 1. The maximum Gasteiger partial charge on any atom is 0.322 e. The van der Waals surface area contributed by atoms with Gasteiger partial charge in [-0.2, -0.15) is 0 Å². The minimum absolute atomic E-state index is 0.301. The molecule has 0 amide bonds. The Labute approximate surface area is 147 Å². The molecule has 0 spiro atoms. The van der Waals surface area contributed by atoms with Crippen molar-refractivity contribution in [3.8, 4) is 11.5 Å². The summed E-state index contributed by atoms with van der Waals surface area (Å²) in [6.45, 7) is 4.66. The van der Waals surface area contributed by atoms with E-state index in [9.17, 15) is 9.90 Å². The summed E-state index contributed by atoms with van der Waals surface area (Å²) in [5.74, 6) is 0.920. The number of nitrogens with zero attached hydrogens (tertiary/aromatic N) is 3. The molecule has 0 saturated carbocycles. The molecule has 3 aliphatic rings. The van der Waals surface area contributed by atoms with Crippen LogP contribution in [-0.4, -0.2) is 79.5 Å². The predicted octanol–water partition coefficient (Wildman–Crippen LogP) is 1.08. The number of carboxylic acid groups (broad SMARTS) is 1. The second-order valence-corrected chi connectivity index (χ2v) is 7.09. The van der Waals surface area contributed by atoms with Gasteiger partial charge in [0, 0.05) is 50.5 Å². The molecule has 1 aromatic rings. The third-order valence-electron chi connectivity index (χ3n) is 5.67. The number of fused-ring (bicyclic) bond motifs is 1. The number of anilines is 1. The maximum atomic E-state index is 11.4. The van der Waals surface area contributed by atoms with Crippen molar-refractivity contribution >= 4 is 11.7 Å². The smallest absolute Gasteiger partial charge is 0.322 e. The van der Waals surface area contributed by atoms with Gasteiger partial charge >= 0.3 is 5.97 Å². The van der Waals surface area contributed by atoms with Crippen LogP contribution in [0.2, 0.25) is 0 Å². The van der Waals surface area contributed by atoms with E-state index in [4.69, 9.17) is 9.47 Å². The first-order valence-electron chi connectivity index (χ1n) is 8.93. The summed E-state index contributed by atoms with van der Waals surface area (Å²) >= 11 is 0. The van der Waals surface area contributed by atoms with Crippen LogP contribution in [0.25, 0.3) is 0 Å². The number of likely N-dealkylation sites (N-methyl/N-ethyl adjacent to an activating group) is 1. The molecule has 0 radical (unpaired) electrons. The van der Waals surface area contributed by atoms with E-state index < -0.39 is 5.97 Å². The zero-order valence-electron chi connectivity index (χ0n) is 14.6. The average molecular weight is 347 g/mol. The van der Waals surface area contributed by atoms with Gasteiger partial charge in [-0.15, -0.1) is 0 Å². The molecule has 0 bridgehead atoms. The molecule has 1 atom stereocenters. The predicted molar refractivity (Wildman–Crippen MR) is 93.4 cm³/mol. The summed E-state index contributed by atoms with van der Waals surface area (Å²) in [7, 11) is 1.90. The summed E-state index contributed by atoms with van der Waals surface area (Å²) in [5, 5.41) is 9.39. The molecule has 7 nitrogen and oxygen atoms in total. The van der Waals surface area contributed by atoms with E-state index in [1.54, 1.807) is 0 Å². The van der Waals surface area contributed by atoms with Crippen LogP contribution in [0.15, 0.2) is 18.2 Å². The highest BCUT2D eigenvalue weighted by atomic mass is 16.7. The molecule has 25 heavy (non-hydrogen) atoms. The number of aliphatic carboxylic acids is 1. The molecule has 0 aliphatic carbocycles. The van der Waals surface area contributed by atoms with Gasteiger partial charge in [0.25, 0.3) is 0 Å². The van der Waals surface area contributed by atoms with Gasteiger partial charge in [0.15, 0.2) is 11.5 Å². The highest BCUT2D eigenvalue weighted by molar-refractivity contribution is 5.73. The second-order valence-electron chi connectivity index (χ2n) is 7.09. The fourth-order valence-electron chi connectivity index (χ4n) is 4.06. The Kier molecular flexibility index (Phi) is 4.43. The van der Waals surface area contributed by atoms with Gasteiger partial charge in [-0.25, -0.2) is 0 Å². The Morgan fingerprint density at radius 2 is 1.88 bits per heavy atom. The van der Waals surface area contributed by atoms with Crippen molar-refractivity contribution in [2.45, 2.75) is 24.9 Å². The Morgan fingerprint density at radius 1 is 1.12 bits per heavy atom. The fourth-order valence-corrected chi connectivity index (χ4v) is 4.06. The van der Waals surface area contributed by atoms with Gasteiger partial charge in [0.1, 0.15) is 6.04 Å². The highest BCUT2D eigenvalue weighted by Crippen LogP contribution is 2.36. The van der Waals surface area contributed by atoms with E-state index in [0.717, 1.165) is 50.5 Å². The zero-order valence-corrected chi connectivity index (χ0v) is 14.6. The van der Waals surface area contributed by atoms with Crippen LogP contribution in [0.5, 0.6) is 11.5 Å². The van der Waals surface area contributed by atoms with Crippen molar-refractivity contribution in [1.82, 2.24) is 9.80 Å². The number of piperazine rings is 1. The number of piperidine rings is 1. The van der Waals surface area contributed by atoms with Gasteiger partial charge in [-0.1, -0.05) is 0 Å². The third-order valence-corrected chi connectivity index (χ3v) is 5.67. The van der Waals surface area contributed by atoms with Gasteiger partial charge < -0.3 is 19.5 Å². The topological polar surface area (TPSA) is 65.5 Å². The zero-order chi connectivity index (χ0) is 17.4. The SMILES string of the molecule is CN1CCN(C2CCN(c3ccc4c(c3)OCO4)CC2)C[C@H]1C(=O)O. The molecule has 3 heterocycles. The van der Waals surface area contributed by atoms with E-state index in [2.05, 4.69) is 21.9 Å². The molecule has 3 aliphatic heterocycles. The van der Waals surface area contributed by atoms with E-state index in [1.165, 1.54) is 5.69 Å². The highest BCUT2D eigenvalue weighted by Gasteiger charge is 2.34. The van der Waals surface area contributed by atoms with Gasteiger partial charge in [-0.05, 0) is 32.0 Å². The van der Waals surface area contributed by atoms with Crippen LogP contribution in [0, 0.1) is 0 Å². The fraction of sp³-hybridized carbons (Fsp3) is 0.611. The van der Waals surface area contributed by atoms with Crippen molar-refractivity contribution in [2.24, 2.45) is 0 Å². The number of carbonyl (C=O) groups is 1. The number of ether oxygens (including phenoxy) is 2. The molecule has 1 aromatic carbocycles. The molecule has 2 saturated heterocycles. The lowest BCUT2D eigenvalue weighted by molar-refractivity contribution is -0.145. The summed E-state index contributed by atoms with van der Waals surface area (Å²) in [4.78, 5) is 18.1. The molecule has 0 aromatic heterocycles. The van der Waals surface area contributed by atoms with Gasteiger partial charge in [0.05, 0.1) is 0 Å². The molecule has 136 valence electrons. The van der Waals surface area contributed by atoms with Crippen LogP contribution in [0.4, 0.5) is 5.69 Å². The normalized spacial score (nSPS) is 25.3. The molecule has 2 fully saturated rings. The lowest BCUT2D eigenvalue weighted by atomic mass is 10.00. The lowest BCUT2D eigenvalue weighted by Crippen LogP contribution is -2.58. The average Bonchev–Trinajstić information content (AvgIpc) is 3.10. The van der Waals surface area contributed by atoms with Gasteiger partial charge in [0.2, 0.25) is 6.79 Å². The molecular formula is C18H25N3O4. The van der Waals surface area contributed by atoms with Crippen molar-refractivity contribution in [3.63, 3.8) is 0 Å². The van der Waals surface area contributed by atoms with Crippen molar-refractivity contribution in [3.05, 3.63) is 18.2 Å². The number of hydrogen-bond acceptors (Lipinski definition) is 6. The van der Waals surface area contributed by atoms with Gasteiger partial charge in [-0.3, -0.25) is 14.6 Å². The molecule has 7 heteroatoms. The number of rotatable bonds is 3. The van der Waals surface area contributed by atoms with Crippen LogP contribution < -0.4 is 14.4 Å². The largest absolute Gasteiger partial charge is 0.480 e. The first-order valence-corrected chi connectivity index (χ1v) is 8.93. The van der Waals surface area contributed by atoms with E-state index in [0.29, 0.717) is 19.4 Å². The summed E-state index contributed by atoms with van der Waals surface area (Å²) in [6, 6.07) is 6.20. The summed E-state index contributed by atoms with van der Waals surface area (Å²) < 4.78 is 10.8. The maximum absolute atomic E-state index is 11.4. The van der Waals surface area contributed by atoms with Crippen LogP contribution in [0.3, 0.4) is 0 Å². The number of benzene rings is 1. The lowest BCUT2D eigenvalue weighted by Gasteiger charge is -2.44. The quantitative estimate of drug-likeness (QED) is 0.878. The molecule has 1 N–H and O–H groups in total. The van der Waals surface area contributed by atoms with Crippen molar-refractivity contribution in [1.29, 1.82) is 0 Å². The van der Waals surface area contributed by atoms with E-state index in [-0.39, 0.29) is 6.04 Å². The molecule has 0 unspecified atom stereocenters. The Balaban J connectivity index is 1.36. The minimum atomic E-state index is -0.718. The second kappa shape index (κ2) is 6.72. The van der Waals surface area contributed by atoms with E-state index in [1.807, 2.05) is 18.0 Å². The standard InChI is InChI=1S/C18H25N3O4/c1-19-8-9-21(11-15(19)18(22)23)13-4-6-20(7-5-13)14-2-3-16-17(10-14)25-12-24-16/h2-3,10,13,15H,4-9,11-12H2,1H3,(H,22,23)/t15-/m0/s1.